The molecule has 1 fully saturated rings. The fraction of sp³-hybridized carbons (Fsp3) is 0.286. The number of amides is 1. The predicted molar refractivity (Wildman–Crippen MR) is 105 cm³/mol. The largest absolute Gasteiger partial charge is 0.346 e. The first-order chi connectivity index (χ1) is 13.2. The number of likely N-dealkylation sites (tertiary alicyclic amines) is 1. The number of aromatic nitrogens is 4. The van der Waals surface area contributed by atoms with Crippen molar-refractivity contribution in [2.24, 2.45) is 0 Å². The van der Waals surface area contributed by atoms with Crippen LogP contribution in [-0.4, -0.2) is 43.5 Å². The summed E-state index contributed by atoms with van der Waals surface area (Å²) in [6.07, 6.45) is 8.95. The van der Waals surface area contributed by atoms with Crippen molar-refractivity contribution >= 4 is 22.5 Å². The highest BCUT2D eigenvalue weighted by Crippen LogP contribution is 2.29. The van der Waals surface area contributed by atoms with E-state index in [0.29, 0.717) is 5.56 Å². The Labute approximate surface area is 156 Å². The molecule has 1 N–H and O–H groups in total. The first-order valence-corrected chi connectivity index (χ1v) is 9.42. The second-order valence-corrected chi connectivity index (χ2v) is 7.21. The lowest BCUT2D eigenvalue weighted by molar-refractivity contribution is 0.0726. The minimum Gasteiger partial charge on any atom is -0.346 e. The molecule has 0 aromatic carbocycles. The van der Waals surface area contributed by atoms with Gasteiger partial charge in [0.15, 0.2) is 0 Å². The van der Waals surface area contributed by atoms with Gasteiger partial charge in [-0.05, 0) is 56.0 Å². The third kappa shape index (κ3) is 2.68. The molecule has 1 amide bonds. The molecule has 0 radical (unpaired) electrons. The lowest BCUT2D eigenvalue weighted by Crippen LogP contribution is -2.35. The van der Waals surface area contributed by atoms with Gasteiger partial charge in [-0.1, -0.05) is 0 Å². The number of H-pyrrole nitrogens is 1. The molecular formula is C21H21N5O. The van der Waals surface area contributed by atoms with Gasteiger partial charge >= 0.3 is 0 Å². The molecule has 0 atom stereocenters. The molecule has 0 bridgehead atoms. The number of hydrogen-bond acceptors (Lipinski definition) is 3. The van der Waals surface area contributed by atoms with Crippen molar-refractivity contribution in [1.29, 1.82) is 0 Å². The third-order valence-corrected chi connectivity index (χ3v) is 5.38. The van der Waals surface area contributed by atoms with Crippen LogP contribution in [0.25, 0.3) is 27.7 Å². The molecule has 6 nitrogen and oxygen atoms in total. The van der Waals surface area contributed by atoms with Gasteiger partial charge < -0.3 is 9.88 Å². The zero-order valence-electron chi connectivity index (χ0n) is 15.3. The molecule has 4 aromatic rings. The molecule has 1 saturated heterocycles. The van der Waals surface area contributed by atoms with E-state index in [1.54, 1.807) is 10.7 Å². The van der Waals surface area contributed by atoms with Crippen LogP contribution >= 0.6 is 0 Å². The quantitative estimate of drug-likeness (QED) is 0.592. The normalized spacial score (nSPS) is 14.9. The Hall–Kier alpha value is -3.15. The molecule has 4 aromatic heterocycles. The second-order valence-electron chi connectivity index (χ2n) is 7.21. The number of carbonyl (C=O) groups excluding carboxylic acids is 1. The van der Waals surface area contributed by atoms with Crippen LogP contribution in [0.1, 0.15) is 35.3 Å². The van der Waals surface area contributed by atoms with E-state index in [9.17, 15) is 4.79 Å². The predicted octanol–water partition coefficient (Wildman–Crippen LogP) is 3.81. The summed E-state index contributed by atoms with van der Waals surface area (Å²) in [5.41, 5.74) is 5.51. The Kier molecular flexibility index (Phi) is 3.70. The minimum absolute atomic E-state index is 0.0815. The number of piperidine rings is 1. The summed E-state index contributed by atoms with van der Waals surface area (Å²) in [6.45, 7) is 3.66. The smallest absolute Gasteiger partial charge is 0.257 e. The molecule has 0 aliphatic carbocycles. The summed E-state index contributed by atoms with van der Waals surface area (Å²) < 4.78 is 1.78. The fourth-order valence-corrected chi connectivity index (χ4v) is 3.92. The van der Waals surface area contributed by atoms with Crippen molar-refractivity contribution < 1.29 is 4.79 Å². The van der Waals surface area contributed by atoms with E-state index >= 15 is 0 Å². The number of nitrogens with zero attached hydrogens (tertiary/aromatic N) is 4. The van der Waals surface area contributed by atoms with E-state index in [-0.39, 0.29) is 5.91 Å². The summed E-state index contributed by atoms with van der Waals surface area (Å²) in [7, 11) is 0. The van der Waals surface area contributed by atoms with Gasteiger partial charge in [-0.3, -0.25) is 4.79 Å². The van der Waals surface area contributed by atoms with Crippen LogP contribution in [0.4, 0.5) is 0 Å². The van der Waals surface area contributed by atoms with Crippen molar-refractivity contribution in [1.82, 2.24) is 24.5 Å². The van der Waals surface area contributed by atoms with Crippen molar-refractivity contribution in [2.45, 2.75) is 26.2 Å². The van der Waals surface area contributed by atoms with Crippen LogP contribution in [0.2, 0.25) is 0 Å². The first kappa shape index (κ1) is 16.1. The summed E-state index contributed by atoms with van der Waals surface area (Å²) in [5.74, 6) is 0.0815. The maximum Gasteiger partial charge on any atom is 0.257 e. The van der Waals surface area contributed by atoms with Gasteiger partial charge in [0.05, 0.1) is 17.3 Å². The fourth-order valence-electron chi connectivity index (χ4n) is 3.92. The number of aryl methyl sites for hydroxylation is 1. The van der Waals surface area contributed by atoms with Crippen LogP contribution in [0.3, 0.4) is 0 Å². The van der Waals surface area contributed by atoms with E-state index in [1.807, 2.05) is 42.4 Å². The highest BCUT2D eigenvalue weighted by atomic mass is 16.2. The average Bonchev–Trinajstić information content (AvgIpc) is 3.31. The van der Waals surface area contributed by atoms with E-state index in [2.05, 4.69) is 21.1 Å². The first-order valence-electron chi connectivity index (χ1n) is 9.42. The van der Waals surface area contributed by atoms with E-state index < -0.39 is 0 Å². The van der Waals surface area contributed by atoms with E-state index in [4.69, 9.17) is 0 Å². The monoisotopic (exact) mass is 359 g/mol. The molecule has 1 aliphatic heterocycles. The van der Waals surface area contributed by atoms with Crippen molar-refractivity contribution in [3.8, 4) is 11.1 Å². The summed E-state index contributed by atoms with van der Waals surface area (Å²) in [6, 6.07) is 8.18. The molecule has 136 valence electrons. The number of rotatable bonds is 2. The van der Waals surface area contributed by atoms with Gasteiger partial charge in [0, 0.05) is 42.1 Å². The molecule has 27 heavy (non-hydrogen) atoms. The SMILES string of the molecule is Cc1ccc2c(-c3ccn4ncc(C(=O)N5CCCCC5)c4c3)c[nH]c2n1. The van der Waals surface area contributed by atoms with Crippen molar-refractivity contribution in [2.75, 3.05) is 13.1 Å². The van der Waals surface area contributed by atoms with Crippen LogP contribution < -0.4 is 0 Å². The Bertz CT molecular complexity index is 1150. The number of pyridine rings is 2. The summed E-state index contributed by atoms with van der Waals surface area (Å²) in [5, 5.41) is 5.46. The number of nitrogens with one attached hydrogen (secondary N) is 1. The minimum atomic E-state index is 0.0815. The molecule has 0 spiro atoms. The number of fused-ring (bicyclic) bond motifs is 2. The van der Waals surface area contributed by atoms with Crippen LogP contribution in [0.5, 0.6) is 0 Å². The maximum absolute atomic E-state index is 13.0. The zero-order chi connectivity index (χ0) is 18.4. The number of carbonyl (C=O) groups is 1. The van der Waals surface area contributed by atoms with Crippen molar-refractivity contribution in [3.05, 3.63) is 54.1 Å². The molecule has 6 heteroatoms. The Morgan fingerprint density at radius 3 is 2.85 bits per heavy atom. The number of hydrogen-bond donors (Lipinski definition) is 1. The molecular weight excluding hydrogens is 338 g/mol. The molecule has 0 saturated carbocycles. The Balaban J connectivity index is 1.59. The lowest BCUT2D eigenvalue weighted by Gasteiger charge is -2.26. The maximum atomic E-state index is 13.0. The van der Waals surface area contributed by atoms with Gasteiger partial charge in [0.2, 0.25) is 0 Å². The van der Waals surface area contributed by atoms with Crippen molar-refractivity contribution in [3.63, 3.8) is 0 Å². The lowest BCUT2D eigenvalue weighted by atomic mass is 10.1. The Morgan fingerprint density at radius 2 is 2.00 bits per heavy atom. The van der Waals surface area contributed by atoms with Gasteiger partial charge in [-0.2, -0.15) is 5.10 Å². The highest BCUT2D eigenvalue weighted by molar-refractivity contribution is 6.02. The molecule has 0 unspecified atom stereocenters. The van der Waals surface area contributed by atoms with E-state index in [1.165, 1.54) is 6.42 Å². The molecule has 5 rings (SSSR count). The summed E-state index contributed by atoms with van der Waals surface area (Å²) >= 11 is 0. The highest BCUT2D eigenvalue weighted by Gasteiger charge is 2.22. The van der Waals surface area contributed by atoms with Crippen LogP contribution in [0.15, 0.2) is 42.9 Å². The third-order valence-electron chi connectivity index (χ3n) is 5.38. The number of aromatic amines is 1. The standard InChI is InChI=1S/C21H21N5O/c1-14-5-6-16-17(12-22-20(16)24-14)15-7-10-26-19(11-15)18(13-23-26)21(27)25-8-3-2-4-9-25/h5-7,10-13H,2-4,8-9H2,1H3,(H,22,24). The van der Waals surface area contributed by atoms with Gasteiger partial charge in [-0.15, -0.1) is 0 Å². The Morgan fingerprint density at radius 1 is 1.15 bits per heavy atom. The zero-order valence-corrected chi connectivity index (χ0v) is 15.3. The van der Waals surface area contributed by atoms with Crippen LogP contribution in [0, 0.1) is 6.92 Å². The van der Waals surface area contributed by atoms with Gasteiger partial charge in [-0.25, -0.2) is 9.50 Å². The van der Waals surface area contributed by atoms with Crippen LogP contribution in [-0.2, 0) is 0 Å². The second kappa shape index (κ2) is 6.23. The molecule has 5 heterocycles. The van der Waals surface area contributed by atoms with E-state index in [0.717, 1.165) is 59.3 Å². The van der Waals surface area contributed by atoms with Gasteiger partial charge in [0.1, 0.15) is 5.65 Å². The summed E-state index contributed by atoms with van der Waals surface area (Å²) in [4.78, 5) is 22.7. The van der Waals surface area contributed by atoms with Gasteiger partial charge in [0.25, 0.3) is 5.91 Å². The molecule has 1 aliphatic rings. The average molecular weight is 359 g/mol. The topological polar surface area (TPSA) is 66.3 Å².